The monoisotopic (exact) mass is 526 g/mol. The Hall–Kier alpha value is -3.27. The lowest BCUT2D eigenvalue weighted by Crippen LogP contribution is -2.50. The molecule has 0 aromatic heterocycles. The van der Waals surface area contributed by atoms with Gasteiger partial charge in [-0.3, -0.25) is 24.6 Å². The van der Waals surface area contributed by atoms with Crippen molar-refractivity contribution in [2.24, 2.45) is 11.3 Å². The van der Waals surface area contributed by atoms with Crippen molar-refractivity contribution >= 4 is 35.6 Å². The maximum absolute atomic E-state index is 13.4. The molecular formula is C28H38N4O6. The molecule has 4 rings (SSSR count). The van der Waals surface area contributed by atoms with Gasteiger partial charge in [0.2, 0.25) is 5.91 Å². The number of anilines is 1. The molecule has 1 unspecified atom stereocenters. The predicted octanol–water partition coefficient (Wildman–Crippen LogP) is 2.64. The number of ketones is 1. The first-order chi connectivity index (χ1) is 18.3. The van der Waals surface area contributed by atoms with Crippen molar-refractivity contribution in [1.29, 1.82) is 0 Å². The molecule has 1 spiro atoms. The summed E-state index contributed by atoms with van der Waals surface area (Å²) in [5.74, 6) is -0.398. The van der Waals surface area contributed by atoms with E-state index >= 15 is 0 Å². The van der Waals surface area contributed by atoms with Crippen molar-refractivity contribution in [1.82, 2.24) is 15.1 Å². The summed E-state index contributed by atoms with van der Waals surface area (Å²) in [6.07, 6.45) is 5.95. The topological polar surface area (TPSA) is 116 Å². The zero-order valence-corrected chi connectivity index (χ0v) is 22.4. The number of carbonyl (C=O) groups excluding carboxylic acids is 5. The van der Waals surface area contributed by atoms with E-state index in [1.165, 1.54) is 12.0 Å². The maximum atomic E-state index is 13.4. The fraction of sp³-hybridized carbons (Fsp3) is 0.607. The van der Waals surface area contributed by atoms with Crippen molar-refractivity contribution < 1.29 is 28.7 Å². The fourth-order valence-electron chi connectivity index (χ4n) is 5.83. The fourth-order valence-corrected chi connectivity index (χ4v) is 5.83. The number of Topliss-reactive ketones (excluding diaryl/α,β-unsaturated/α-hetero) is 1. The zero-order chi connectivity index (χ0) is 27.3. The van der Waals surface area contributed by atoms with Gasteiger partial charge in [0.05, 0.1) is 18.7 Å². The van der Waals surface area contributed by atoms with Crippen molar-refractivity contribution in [2.45, 2.75) is 51.9 Å². The van der Waals surface area contributed by atoms with Crippen LogP contribution >= 0.6 is 0 Å². The summed E-state index contributed by atoms with van der Waals surface area (Å²) >= 11 is 0. The third-order valence-electron chi connectivity index (χ3n) is 8.48. The Balaban J connectivity index is 1.32. The predicted molar refractivity (Wildman–Crippen MR) is 141 cm³/mol. The molecule has 3 saturated heterocycles. The SMILES string of the molecule is CCC(=O)C(C=O)CCN1CCC2(CC1)CCN(C(=O)c1ccc(OC)c(N3CCC(=O)NC3=O)c1)CC2. The molecule has 4 amide bonds. The largest absolute Gasteiger partial charge is 0.495 e. The van der Waals surface area contributed by atoms with Crippen LogP contribution in [0.4, 0.5) is 10.5 Å². The summed E-state index contributed by atoms with van der Waals surface area (Å²) in [4.78, 5) is 66.2. The molecule has 206 valence electrons. The molecule has 0 aliphatic carbocycles. The zero-order valence-electron chi connectivity index (χ0n) is 22.4. The number of ether oxygens (including phenoxy) is 1. The Morgan fingerprint density at radius 2 is 1.76 bits per heavy atom. The lowest BCUT2D eigenvalue weighted by molar-refractivity contribution is -0.127. The van der Waals surface area contributed by atoms with E-state index in [1.807, 2.05) is 4.90 Å². The molecule has 38 heavy (non-hydrogen) atoms. The van der Waals surface area contributed by atoms with Crippen molar-refractivity contribution in [2.75, 3.05) is 51.3 Å². The van der Waals surface area contributed by atoms with Crippen LogP contribution in [0.3, 0.4) is 0 Å². The minimum absolute atomic E-state index is 0.0174. The van der Waals surface area contributed by atoms with Crippen molar-refractivity contribution in [3.63, 3.8) is 0 Å². The molecule has 3 aliphatic rings. The van der Waals surface area contributed by atoms with Crippen LogP contribution in [0.2, 0.25) is 0 Å². The first kappa shape index (κ1) is 27.8. The summed E-state index contributed by atoms with van der Waals surface area (Å²) in [5.41, 5.74) is 1.18. The average molecular weight is 527 g/mol. The van der Waals surface area contributed by atoms with Crippen LogP contribution in [0, 0.1) is 11.3 Å². The number of hydrogen-bond acceptors (Lipinski definition) is 7. The molecule has 10 nitrogen and oxygen atoms in total. The molecule has 3 aliphatic heterocycles. The van der Waals surface area contributed by atoms with Gasteiger partial charge in [-0.25, -0.2) is 4.79 Å². The number of amides is 4. The van der Waals surface area contributed by atoms with Crippen molar-refractivity contribution in [3.8, 4) is 5.75 Å². The van der Waals surface area contributed by atoms with Crippen LogP contribution in [0.1, 0.15) is 62.2 Å². The van der Waals surface area contributed by atoms with E-state index < -0.39 is 11.9 Å². The van der Waals surface area contributed by atoms with Gasteiger partial charge < -0.3 is 19.3 Å². The van der Waals surface area contributed by atoms with Crippen LogP contribution in [-0.4, -0.2) is 86.1 Å². The van der Waals surface area contributed by atoms with Gasteiger partial charge in [0.25, 0.3) is 5.91 Å². The highest BCUT2D eigenvalue weighted by Gasteiger charge is 2.39. The normalized spacial score (nSPS) is 20.7. The number of benzene rings is 1. The van der Waals surface area contributed by atoms with Gasteiger partial charge in [0.15, 0.2) is 0 Å². The van der Waals surface area contributed by atoms with E-state index in [1.54, 1.807) is 25.1 Å². The van der Waals surface area contributed by atoms with Gasteiger partial charge >= 0.3 is 6.03 Å². The molecule has 1 aromatic rings. The van der Waals surface area contributed by atoms with Crippen LogP contribution in [0.5, 0.6) is 5.75 Å². The summed E-state index contributed by atoms with van der Waals surface area (Å²) in [6.45, 7) is 6.04. The summed E-state index contributed by atoms with van der Waals surface area (Å²) in [6, 6.07) is 4.57. The number of piperidine rings is 2. The molecule has 1 aromatic carbocycles. The van der Waals surface area contributed by atoms with Crippen LogP contribution < -0.4 is 15.0 Å². The Bertz CT molecular complexity index is 1070. The first-order valence-electron chi connectivity index (χ1n) is 13.6. The minimum atomic E-state index is -0.519. The van der Waals surface area contributed by atoms with Gasteiger partial charge in [0, 0.05) is 38.0 Å². The van der Waals surface area contributed by atoms with Gasteiger partial charge in [-0.2, -0.15) is 0 Å². The molecule has 1 N–H and O–H groups in total. The first-order valence-corrected chi connectivity index (χ1v) is 13.6. The molecule has 0 saturated carbocycles. The average Bonchev–Trinajstić information content (AvgIpc) is 2.94. The number of carbonyl (C=O) groups is 5. The lowest BCUT2D eigenvalue weighted by Gasteiger charge is -2.47. The number of rotatable bonds is 9. The van der Waals surface area contributed by atoms with Crippen LogP contribution in [-0.2, 0) is 14.4 Å². The summed E-state index contributed by atoms with van der Waals surface area (Å²) in [7, 11) is 1.51. The van der Waals surface area contributed by atoms with E-state index in [0.717, 1.165) is 51.6 Å². The van der Waals surface area contributed by atoms with E-state index in [9.17, 15) is 24.0 Å². The molecule has 3 heterocycles. The van der Waals surface area contributed by atoms with Gasteiger partial charge in [-0.05, 0) is 75.4 Å². The third-order valence-corrected chi connectivity index (χ3v) is 8.48. The van der Waals surface area contributed by atoms with Gasteiger partial charge in [0.1, 0.15) is 17.8 Å². The van der Waals surface area contributed by atoms with E-state index in [2.05, 4.69) is 10.2 Å². The number of hydrogen-bond donors (Lipinski definition) is 1. The molecule has 1 atom stereocenters. The highest BCUT2D eigenvalue weighted by molar-refractivity contribution is 6.07. The number of likely N-dealkylation sites (tertiary alicyclic amines) is 2. The molecule has 3 fully saturated rings. The number of nitrogens with one attached hydrogen (secondary N) is 1. The van der Waals surface area contributed by atoms with Gasteiger partial charge in [-0.15, -0.1) is 0 Å². The maximum Gasteiger partial charge on any atom is 0.328 e. The number of imide groups is 1. The molecule has 0 radical (unpaired) electrons. The van der Waals surface area contributed by atoms with E-state index in [4.69, 9.17) is 4.74 Å². The second-order valence-corrected chi connectivity index (χ2v) is 10.6. The second kappa shape index (κ2) is 12.1. The van der Waals surface area contributed by atoms with Gasteiger partial charge in [-0.1, -0.05) is 6.92 Å². The number of methoxy groups -OCH3 is 1. The number of aldehydes is 1. The minimum Gasteiger partial charge on any atom is -0.495 e. The highest BCUT2D eigenvalue weighted by atomic mass is 16.5. The summed E-state index contributed by atoms with van der Waals surface area (Å²) in [5, 5.41) is 2.31. The third kappa shape index (κ3) is 6.06. The summed E-state index contributed by atoms with van der Waals surface area (Å²) < 4.78 is 5.42. The second-order valence-electron chi connectivity index (χ2n) is 10.6. The lowest BCUT2D eigenvalue weighted by atomic mass is 9.71. The highest BCUT2D eigenvalue weighted by Crippen LogP contribution is 2.42. The Morgan fingerprint density at radius 3 is 2.37 bits per heavy atom. The Morgan fingerprint density at radius 1 is 1.08 bits per heavy atom. The van der Waals surface area contributed by atoms with Crippen LogP contribution in [0.15, 0.2) is 18.2 Å². The van der Waals surface area contributed by atoms with Crippen LogP contribution in [0.25, 0.3) is 0 Å². The Labute approximate surface area is 223 Å². The standard InChI is InChI=1S/C28H38N4O6/c1-3-23(34)21(19-33)6-12-30-14-8-28(9-15-30)10-16-31(17-11-28)26(36)20-4-5-24(38-2)22(18-20)32-13-7-25(35)29-27(32)37/h4-5,18-19,21H,3,6-17H2,1-2H3,(H,29,35,37). The number of nitrogens with zero attached hydrogens (tertiary/aromatic N) is 3. The van der Waals surface area contributed by atoms with E-state index in [0.29, 0.717) is 42.9 Å². The number of urea groups is 1. The smallest absolute Gasteiger partial charge is 0.328 e. The Kier molecular flexibility index (Phi) is 8.81. The van der Waals surface area contributed by atoms with Crippen molar-refractivity contribution in [3.05, 3.63) is 23.8 Å². The molecule has 10 heteroatoms. The quantitative estimate of drug-likeness (QED) is 0.388. The molecule has 0 bridgehead atoms. The van der Waals surface area contributed by atoms with E-state index in [-0.39, 0.29) is 36.0 Å². The molecular weight excluding hydrogens is 488 g/mol.